The molecule has 0 N–H and O–H groups in total. The molecule has 0 saturated carbocycles. The molecular weight excluding hydrogens is 520 g/mol. The molecule has 0 bridgehead atoms. The highest BCUT2D eigenvalue weighted by Gasteiger charge is 2.51. The van der Waals surface area contributed by atoms with Crippen molar-refractivity contribution in [3.05, 3.63) is 12.7 Å². The van der Waals surface area contributed by atoms with Gasteiger partial charge < -0.3 is 37.9 Å². The molecule has 9 atom stereocenters. The van der Waals surface area contributed by atoms with Crippen LogP contribution in [-0.2, 0) is 61.9 Å². The fourth-order valence-electron chi connectivity index (χ4n) is 4.55. The minimum absolute atomic E-state index is 0.0866. The van der Waals surface area contributed by atoms with Gasteiger partial charge in [0.25, 0.3) is 0 Å². The van der Waals surface area contributed by atoms with E-state index in [1.165, 1.54) is 34.6 Å². The summed E-state index contributed by atoms with van der Waals surface area (Å²) in [6, 6.07) is 0. The van der Waals surface area contributed by atoms with Crippen molar-refractivity contribution in [1.82, 2.24) is 0 Å². The second kappa shape index (κ2) is 14.9. The summed E-state index contributed by atoms with van der Waals surface area (Å²) in [5.41, 5.74) is 0. The predicted molar refractivity (Wildman–Crippen MR) is 131 cm³/mol. The molecular formula is C26H38O13. The Hall–Kier alpha value is -3.03. The van der Waals surface area contributed by atoms with Crippen molar-refractivity contribution in [1.29, 1.82) is 0 Å². The van der Waals surface area contributed by atoms with E-state index in [9.17, 15) is 24.0 Å². The third-order valence-electron chi connectivity index (χ3n) is 6.14. The zero-order valence-corrected chi connectivity index (χ0v) is 23.1. The van der Waals surface area contributed by atoms with E-state index in [1.807, 2.05) is 0 Å². The number of esters is 5. The lowest BCUT2D eigenvalue weighted by molar-refractivity contribution is -0.323. The molecule has 13 heteroatoms. The van der Waals surface area contributed by atoms with Crippen molar-refractivity contribution in [2.24, 2.45) is 5.92 Å². The number of ether oxygens (including phenoxy) is 8. The standard InChI is InChI=1S/C26H38O13/c1-8-9-20-24(35-17(6)30)21(10-19(37-20)11-32-14(3)27)38-26-25(36-18(7)31)23(34-16(5)29)13(2)22(39-26)12-33-15(4)28/h8,13,19-26H,1,9-12H2,2-7H3. The first-order chi connectivity index (χ1) is 18.3. The number of hydrogen-bond donors (Lipinski definition) is 0. The van der Waals surface area contributed by atoms with Gasteiger partial charge >= 0.3 is 29.8 Å². The number of carbonyl (C=O) groups is 5. The van der Waals surface area contributed by atoms with Crippen LogP contribution in [0, 0.1) is 5.92 Å². The van der Waals surface area contributed by atoms with Gasteiger partial charge in [-0.2, -0.15) is 0 Å². The summed E-state index contributed by atoms with van der Waals surface area (Å²) in [4.78, 5) is 58.9. The third-order valence-corrected chi connectivity index (χ3v) is 6.14. The Morgan fingerprint density at radius 2 is 1.28 bits per heavy atom. The van der Waals surface area contributed by atoms with E-state index in [-0.39, 0.29) is 26.1 Å². The van der Waals surface area contributed by atoms with Crippen molar-refractivity contribution < 1.29 is 61.9 Å². The second-order valence-electron chi connectivity index (χ2n) is 9.46. The average molecular weight is 559 g/mol. The van der Waals surface area contributed by atoms with Gasteiger partial charge in [0.15, 0.2) is 18.5 Å². The first kappa shape index (κ1) is 32.2. The van der Waals surface area contributed by atoms with Gasteiger partial charge in [0.2, 0.25) is 0 Å². The number of carbonyl (C=O) groups excluding carboxylic acids is 5. The lowest BCUT2D eigenvalue weighted by Crippen LogP contribution is -2.61. The molecule has 0 aromatic rings. The summed E-state index contributed by atoms with van der Waals surface area (Å²) < 4.78 is 45.3. The fraction of sp³-hybridized carbons (Fsp3) is 0.731. The highest BCUT2D eigenvalue weighted by atomic mass is 16.7. The molecule has 0 aliphatic carbocycles. The molecule has 2 heterocycles. The minimum Gasteiger partial charge on any atom is -0.463 e. The summed E-state index contributed by atoms with van der Waals surface area (Å²) in [6.45, 7) is 11.3. The van der Waals surface area contributed by atoms with Gasteiger partial charge in [0.05, 0.1) is 6.10 Å². The Morgan fingerprint density at radius 1 is 0.744 bits per heavy atom. The number of rotatable bonds is 11. The Labute approximate surface area is 227 Å². The summed E-state index contributed by atoms with van der Waals surface area (Å²) in [5.74, 6) is -3.52. The lowest BCUT2D eigenvalue weighted by atomic mass is 9.90. The molecule has 2 aliphatic rings. The maximum Gasteiger partial charge on any atom is 0.303 e. The monoisotopic (exact) mass is 558 g/mol. The van der Waals surface area contributed by atoms with E-state index in [2.05, 4.69) is 6.58 Å². The van der Waals surface area contributed by atoms with E-state index in [4.69, 9.17) is 37.9 Å². The molecule has 13 nitrogen and oxygen atoms in total. The molecule has 220 valence electrons. The predicted octanol–water partition coefficient (Wildman–Crippen LogP) is 1.39. The van der Waals surface area contributed by atoms with Crippen molar-refractivity contribution in [3.63, 3.8) is 0 Å². The van der Waals surface area contributed by atoms with Crippen LogP contribution in [0.1, 0.15) is 54.4 Å². The van der Waals surface area contributed by atoms with Gasteiger partial charge in [-0.3, -0.25) is 24.0 Å². The largest absolute Gasteiger partial charge is 0.463 e. The molecule has 0 radical (unpaired) electrons. The van der Waals surface area contributed by atoms with Gasteiger partial charge in [0.1, 0.15) is 37.6 Å². The first-order valence-corrected chi connectivity index (χ1v) is 12.7. The van der Waals surface area contributed by atoms with Crippen molar-refractivity contribution >= 4 is 29.8 Å². The summed E-state index contributed by atoms with van der Waals surface area (Å²) in [6.07, 6.45) is -5.56. The SMILES string of the molecule is C=CCC1OC(COC(C)=O)CC(OC2OC(COC(C)=O)C(C)C(OC(C)=O)C2OC(C)=O)C1OC(C)=O. The van der Waals surface area contributed by atoms with Crippen LogP contribution in [0.2, 0.25) is 0 Å². The van der Waals surface area contributed by atoms with Crippen LogP contribution >= 0.6 is 0 Å². The Morgan fingerprint density at radius 3 is 1.82 bits per heavy atom. The van der Waals surface area contributed by atoms with Crippen LogP contribution in [0.25, 0.3) is 0 Å². The minimum atomic E-state index is -1.32. The van der Waals surface area contributed by atoms with Gasteiger partial charge in [-0.15, -0.1) is 6.58 Å². The van der Waals surface area contributed by atoms with E-state index < -0.39 is 84.8 Å². The first-order valence-electron chi connectivity index (χ1n) is 12.7. The molecule has 2 fully saturated rings. The van der Waals surface area contributed by atoms with Crippen LogP contribution in [0.15, 0.2) is 12.7 Å². The van der Waals surface area contributed by atoms with Gasteiger partial charge in [0, 0.05) is 47.0 Å². The molecule has 2 aliphatic heterocycles. The number of hydrogen-bond acceptors (Lipinski definition) is 13. The zero-order chi connectivity index (χ0) is 29.3. The summed E-state index contributed by atoms with van der Waals surface area (Å²) in [7, 11) is 0. The lowest BCUT2D eigenvalue weighted by Gasteiger charge is -2.47. The van der Waals surface area contributed by atoms with Gasteiger partial charge in [-0.05, 0) is 6.42 Å². The summed E-state index contributed by atoms with van der Waals surface area (Å²) >= 11 is 0. The highest BCUT2D eigenvalue weighted by molar-refractivity contribution is 5.68. The van der Waals surface area contributed by atoms with Crippen molar-refractivity contribution in [2.75, 3.05) is 13.2 Å². The molecule has 0 spiro atoms. The molecule has 0 aromatic carbocycles. The van der Waals surface area contributed by atoms with E-state index in [0.29, 0.717) is 0 Å². The Balaban J connectivity index is 2.45. The van der Waals surface area contributed by atoms with Crippen LogP contribution in [-0.4, -0.2) is 92.1 Å². The molecule has 2 saturated heterocycles. The molecule has 2 rings (SSSR count). The second-order valence-corrected chi connectivity index (χ2v) is 9.46. The zero-order valence-electron chi connectivity index (χ0n) is 23.1. The van der Waals surface area contributed by atoms with E-state index in [0.717, 1.165) is 0 Å². The smallest absolute Gasteiger partial charge is 0.303 e. The van der Waals surface area contributed by atoms with Crippen LogP contribution in [0.5, 0.6) is 0 Å². The Kier molecular flexibility index (Phi) is 12.3. The third kappa shape index (κ3) is 9.90. The van der Waals surface area contributed by atoms with Crippen molar-refractivity contribution in [2.45, 2.75) is 103 Å². The molecule has 0 amide bonds. The Bertz CT molecular complexity index is 902. The van der Waals surface area contributed by atoms with Gasteiger partial charge in [-0.1, -0.05) is 13.0 Å². The highest BCUT2D eigenvalue weighted by Crippen LogP contribution is 2.35. The average Bonchev–Trinajstić information content (AvgIpc) is 2.82. The quantitative estimate of drug-likeness (QED) is 0.204. The van der Waals surface area contributed by atoms with Crippen molar-refractivity contribution in [3.8, 4) is 0 Å². The molecule has 0 aromatic heterocycles. The summed E-state index contributed by atoms with van der Waals surface area (Å²) in [5, 5.41) is 0. The van der Waals surface area contributed by atoms with Crippen LogP contribution in [0.3, 0.4) is 0 Å². The van der Waals surface area contributed by atoms with E-state index in [1.54, 1.807) is 13.0 Å². The topological polar surface area (TPSA) is 159 Å². The fourth-order valence-corrected chi connectivity index (χ4v) is 4.55. The van der Waals surface area contributed by atoms with Crippen LogP contribution < -0.4 is 0 Å². The maximum atomic E-state index is 12.0. The van der Waals surface area contributed by atoms with Crippen LogP contribution in [0.4, 0.5) is 0 Å². The molecule has 9 unspecified atom stereocenters. The van der Waals surface area contributed by atoms with Gasteiger partial charge in [-0.25, -0.2) is 0 Å². The van der Waals surface area contributed by atoms with E-state index >= 15 is 0 Å². The molecule has 39 heavy (non-hydrogen) atoms. The normalized spacial score (nSPS) is 32.3. The maximum absolute atomic E-state index is 12.0.